The first kappa shape index (κ1) is 38.9. The Morgan fingerprint density at radius 2 is 0.929 bits per heavy atom. The molecule has 6 rings (SSSR count). The maximum atomic E-state index is 13.6. The number of ketones is 2. The molecule has 0 bridgehead atoms. The first-order valence-corrected chi connectivity index (χ1v) is 16.4. The lowest BCUT2D eigenvalue weighted by Gasteiger charge is -2.20. The number of anilines is 1. The average Bonchev–Trinajstić information content (AvgIpc) is 3.09. The summed E-state index contributed by atoms with van der Waals surface area (Å²) in [5, 5.41) is 55.8. The minimum absolute atomic E-state index is 0.000872. The summed E-state index contributed by atoms with van der Waals surface area (Å²) in [4.78, 5) is 27.2. The number of phenolic OH excluding ortho intramolecular Hbond substituents is 5. The van der Waals surface area contributed by atoms with Gasteiger partial charge in [-0.1, -0.05) is 24.3 Å². The molecule has 0 spiro atoms. The van der Waals surface area contributed by atoms with Crippen LogP contribution in [0.2, 0.25) is 0 Å². The van der Waals surface area contributed by atoms with Crippen LogP contribution in [-0.4, -0.2) is 49.8 Å². The predicted molar refractivity (Wildman–Crippen MR) is 191 cm³/mol. The molecule has 16 heteroatoms. The molecule has 0 heterocycles. The maximum absolute atomic E-state index is 13.6. The van der Waals surface area contributed by atoms with Gasteiger partial charge in [0, 0.05) is 45.5 Å². The van der Waals surface area contributed by atoms with Gasteiger partial charge in [0.15, 0.2) is 23.1 Å². The highest BCUT2D eigenvalue weighted by Crippen LogP contribution is 2.51. The summed E-state index contributed by atoms with van der Waals surface area (Å²) in [5.74, 6) is -5.69. The third-order valence-corrected chi connectivity index (χ3v) is 9.03. The van der Waals surface area contributed by atoms with Crippen molar-refractivity contribution in [3.63, 3.8) is 0 Å². The van der Waals surface area contributed by atoms with Gasteiger partial charge in [-0.05, 0) is 84.6 Å². The number of hydrogen-bond acceptors (Lipinski definition) is 10. The number of rotatable bonds is 9. The number of fused-ring (bicyclic) bond motifs is 2. The molecule has 0 aromatic heterocycles. The average molecular weight is 782 g/mol. The molecule has 7 N–H and O–H groups in total. The van der Waals surface area contributed by atoms with Crippen molar-refractivity contribution in [2.45, 2.75) is 39.4 Å². The molecule has 290 valence electrons. The topological polar surface area (TPSA) is 180 Å². The highest BCUT2D eigenvalue weighted by Gasteiger charge is 2.32. The quantitative estimate of drug-likeness (QED) is 0.0359. The molecule has 0 unspecified atom stereocenters. The van der Waals surface area contributed by atoms with E-state index in [1.165, 1.54) is 56.3 Å². The molecule has 0 radical (unpaired) electrons. The minimum atomic E-state index is -4.93. The second kappa shape index (κ2) is 14.1. The summed E-state index contributed by atoms with van der Waals surface area (Å²) in [6.07, 6.45) is -10.7. The van der Waals surface area contributed by atoms with Crippen LogP contribution in [0.4, 0.5) is 32.0 Å². The standard InChI is InChI=1S/C40H29F6NO9/c1-17-11-23-25(15-27(47)37(53)33(23)28(48)13-19-3-7-21(8-4-19)55-39(41,42)43)35(51)31(17)32-18(2)12-24-26(36(32)52)16-30(50)38(54)34(24)29(49)14-20-5-9-22(10-6-20)56-40(44,45)46/h3-12,15-16,50-54H,13-14,47H2,1-2H3. The fourth-order valence-corrected chi connectivity index (χ4v) is 6.65. The Labute approximate surface area is 312 Å². The number of phenols is 5. The van der Waals surface area contributed by atoms with E-state index in [0.29, 0.717) is 0 Å². The number of nitrogen functional groups attached to an aromatic ring is 1. The van der Waals surface area contributed by atoms with Gasteiger partial charge in [-0.3, -0.25) is 9.59 Å². The van der Waals surface area contributed by atoms with E-state index in [1.807, 2.05) is 0 Å². The number of aromatic hydroxyl groups is 5. The van der Waals surface area contributed by atoms with E-state index >= 15 is 0 Å². The second-order valence-electron chi connectivity index (χ2n) is 12.9. The van der Waals surface area contributed by atoms with Gasteiger partial charge in [0.25, 0.3) is 0 Å². The first-order valence-electron chi connectivity index (χ1n) is 16.4. The Morgan fingerprint density at radius 3 is 1.32 bits per heavy atom. The van der Waals surface area contributed by atoms with Gasteiger partial charge in [-0.25, -0.2) is 0 Å². The van der Waals surface area contributed by atoms with E-state index in [0.717, 1.165) is 30.3 Å². The van der Waals surface area contributed by atoms with Crippen molar-refractivity contribution in [1.29, 1.82) is 0 Å². The first-order chi connectivity index (χ1) is 26.1. The number of ether oxygens (including phenoxy) is 2. The molecule has 0 saturated carbocycles. The van der Waals surface area contributed by atoms with Crippen LogP contribution in [0.15, 0.2) is 72.8 Å². The number of Topliss-reactive ketones (excluding diaryl/α,β-unsaturated/α-hetero) is 2. The van der Waals surface area contributed by atoms with Crippen LogP contribution in [0.1, 0.15) is 43.0 Å². The predicted octanol–water partition coefficient (Wildman–Crippen LogP) is 9.04. The van der Waals surface area contributed by atoms with Crippen LogP contribution in [0.25, 0.3) is 32.7 Å². The zero-order valence-electron chi connectivity index (χ0n) is 29.1. The summed E-state index contributed by atoms with van der Waals surface area (Å²) in [5.41, 5.74) is 6.21. The number of hydrogen-bond donors (Lipinski definition) is 6. The molecule has 0 atom stereocenters. The lowest BCUT2D eigenvalue weighted by Crippen LogP contribution is -2.17. The van der Waals surface area contributed by atoms with Gasteiger partial charge < -0.3 is 40.7 Å². The van der Waals surface area contributed by atoms with E-state index < -0.39 is 76.5 Å². The van der Waals surface area contributed by atoms with E-state index in [9.17, 15) is 61.5 Å². The number of alkyl halides is 6. The van der Waals surface area contributed by atoms with E-state index in [2.05, 4.69) is 9.47 Å². The molecule has 6 aromatic rings. The summed E-state index contributed by atoms with van der Waals surface area (Å²) in [7, 11) is 0. The molecular weight excluding hydrogens is 752 g/mol. The third kappa shape index (κ3) is 7.58. The lowest BCUT2D eigenvalue weighted by molar-refractivity contribution is -0.275. The van der Waals surface area contributed by atoms with Gasteiger partial charge in [0.05, 0.1) is 16.8 Å². The van der Waals surface area contributed by atoms with Crippen molar-refractivity contribution >= 4 is 38.8 Å². The van der Waals surface area contributed by atoms with E-state index in [4.69, 9.17) is 5.73 Å². The molecule has 0 saturated heterocycles. The van der Waals surface area contributed by atoms with Crippen molar-refractivity contribution in [1.82, 2.24) is 0 Å². The van der Waals surface area contributed by atoms with Gasteiger partial charge >= 0.3 is 12.7 Å². The van der Waals surface area contributed by atoms with E-state index in [-0.39, 0.29) is 72.6 Å². The normalized spacial score (nSPS) is 11.9. The van der Waals surface area contributed by atoms with Crippen molar-refractivity contribution in [3.05, 3.63) is 106 Å². The number of nitrogens with two attached hydrogens (primary N) is 1. The Balaban J connectivity index is 1.41. The number of carbonyl (C=O) groups is 2. The Kier molecular flexibility index (Phi) is 9.79. The van der Waals surface area contributed by atoms with Crippen LogP contribution in [-0.2, 0) is 12.8 Å². The van der Waals surface area contributed by atoms with Crippen LogP contribution in [0.5, 0.6) is 40.2 Å². The Morgan fingerprint density at radius 1 is 0.554 bits per heavy atom. The SMILES string of the molecule is Cc1cc2c(C(=O)Cc3ccc(OC(F)(F)F)cc3)c(O)c(N)cc2c(O)c1-c1c(C)cc2c(C(=O)Cc3ccc(OC(F)(F)F)cc3)c(O)c(O)cc2c1O. The largest absolute Gasteiger partial charge is 0.573 e. The number of carbonyl (C=O) groups excluding carboxylic acids is 2. The van der Waals surface area contributed by atoms with Crippen LogP contribution in [0, 0.1) is 13.8 Å². The Bertz CT molecular complexity index is 2390. The Hall–Kier alpha value is -6.84. The lowest BCUT2D eigenvalue weighted by atomic mass is 9.86. The van der Waals surface area contributed by atoms with Crippen molar-refractivity contribution in [2.75, 3.05) is 5.73 Å². The zero-order valence-corrected chi connectivity index (χ0v) is 29.1. The smallest absolute Gasteiger partial charge is 0.507 e. The van der Waals surface area contributed by atoms with Crippen molar-refractivity contribution < 1.29 is 70.9 Å². The van der Waals surface area contributed by atoms with Crippen LogP contribution >= 0.6 is 0 Å². The summed E-state index contributed by atoms with van der Waals surface area (Å²) in [6, 6.07) is 14.0. The maximum Gasteiger partial charge on any atom is 0.573 e. The summed E-state index contributed by atoms with van der Waals surface area (Å²) < 4.78 is 83.3. The third-order valence-electron chi connectivity index (χ3n) is 9.03. The van der Waals surface area contributed by atoms with Crippen LogP contribution < -0.4 is 15.2 Å². The fraction of sp³-hybridized carbons (Fsp3) is 0.150. The minimum Gasteiger partial charge on any atom is -0.507 e. The highest BCUT2D eigenvalue weighted by molar-refractivity contribution is 6.17. The molecule has 6 aromatic carbocycles. The molecule has 0 aliphatic carbocycles. The monoisotopic (exact) mass is 781 g/mol. The molecule has 56 heavy (non-hydrogen) atoms. The van der Waals surface area contributed by atoms with Crippen molar-refractivity contribution in [3.8, 4) is 51.4 Å². The van der Waals surface area contributed by atoms with E-state index in [1.54, 1.807) is 0 Å². The number of benzene rings is 6. The highest BCUT2D eigenvalue weighted by atomic mass is 19.4. The fourth-order valence-electron chi connectivity index (χ4n) is 6.65. The summed E-state index contributed by atoms with van der Waals surface area (Å²) >= 11 is 0. The number of aryl methyl sites for hydroxylation is 2. The van der Waals surface area contributed by atoms with Crippen LogP contribution in [0.3, 0.4) is 0 Å². The second-order valence-corrected chi connectivity index (χ2v) is 12.9. The zero-order chi connectivity index (χ0) is 41.0. The van der Waals surface area contributed by atoms with Gasteiger partial charge in [-0.2, -0.15) is 0 Å². The van der Waals surface area contributed by atoms with Crippen molar-refractivity contribution in [2.24, 2.45) is 0 Å². The molecule has 0 amide bonds. The van der Waals surface area contributed by atoms with Gasteiger partial charge in [0.1, 0.15) is 28.7 Å². The molecule has 0 aliphatic heterocycles. The molecule has 0 aliphatic rings. The molecule has 10 nitrogen and oxygen atoms in total. The van der Waals surface area contributed by atoms with Gasteiger partial charge in [-0.15, -0.1) is 26.3 Å². The van der Waals surface area contributed by atoms with Gasteiger partial charge in [0.2, 0.25) is 0 Å². The summed E-state index contributed by atoms with van der Waals surface area (Å²) in [6.45, 7) is 3.06. The molecule has 0 fully saturated rings. The molecular formula is C40H29F6NO9. The number of halogens is 6.